The van der Waals surface area contributed by atoms with Crippen molar-refractivity contribution < 1.29 is 19.8 Å². The van der Waals surface area contributed by atoms with Crippen molar-refractivity contribution >= 4 is 11.8 Å². The summed E-state index contributed by atoms with van der Waals surface area (Å²) in [4.78, 5) is 45.6. The lowest BCUT2D eigenvalue weighted by molar-refractivity contribution is -0.142. The monoisotopic (exact) mass is 652 g/mol. The van der Waals surface area contributed by atoms with E-state index in [0.29, 0.717) is 25.9 Å². The first-order valence-corrected chi connectivity index (χ1v) is 17.4. The molecule has 0 unspecified atom stereocenters. The smallest absolute Gasteiger partial charge is 0.252 e. The Hall–Kier alpha value is -4.28. The predicted octanol–water partition coefficient (Wildman–Crippen LogP) is 6.27. The SMILES string of the molecule is CC(C)C[C@H](O)C(=O)N1CCC[C@H]1c1ncc(-c2ccc(-c3ccc(-c4cnc([C@@H]5CCCN5C(=O)[C@@H](O)CC(C)C)[nH]4)cc3)cc2)[nH]1. The van der Waals surface area contributed by atoms with Crippen LogP contribution in [0.3, 0.4) is 0 Å². The number of carbonyl (C=O) groups excluding carboxylic acids is 2. The van der Waals surface area contributed by atoms with Crippen molar-refractivity contribution in [2.24, 2.45) is 11.8 Å². The van der Waals surface area contributed by atoms with Crippen molar-refractivity contribution in [3.05, 3.63) is 72.6 Å². The van der Waals surface area contributed by atoms with E-state index >= 15 is 0 Å². The van der Waals surface area contributed by atoms with Gasteiger partial charge in [-0.2, -0.15) is 0 Å². The molecule has 4 aromatic rings. The van der Waals surface area contributed by atoms with Crippen molar-refractivity contribution in [2.75, 3.05) is 13.1 Å². The second kappa shape index (κ2) is 14.5. The highest BCUT2D eigenvalue weighted by Gasteiger charge is 2.36. The van der Waals surface area contributed by atoms with Gasteiger partial charge in [-0.15, -0.1) is 0 Å². The van der Waals surface area contributed by atoms with Crippen LogP contribution in [0.15, 0.2) is 60.9 Å². The molecule has 6 rings (SSSR count). The molecule has 4 heterocycles. The van der Waals surface area contributed by atoms with E-state index in [-0.39, 0.29) is 35.7 Å². The van der Waals surface area contributed by atoms with Crippen LogP contribution in [0.4, 0.5) is 0 Å². The molecule has 2 amide bonds. The number of amides is 2. The van der Waals surface area contributed by atoms with Crippen LogP contribution in [0.1, 0.15) is 90.0 Å². The summed E-state index contributed by atoms with van der Waals surface area (Å²) < 4.78 is 0. The zero-order valence-corrected chi connectivity index (χ0v) is 28.4. The number of nitrogens with one attached hydrogen (secondary N) is 2. The van der Waals surface area contributed by atoms with Gasteiger partial charge in [0.25, 0.3) is 11.8 Å². The normalized spacial score (nSPS) is 19.4. The molecule has 2 aromatic heterocycles. The molecule has 2 saturated heterocycles. The van der Waals surface area contributed by atoms with Gasteiger partial charge in [0, 0.05) is 13.1 Å². The molecule has 2 fully saturated rings. The molecule has 10 heteroatoms. The number of aliphatic hydroxyl groups is 2. The third-order valence-corrected chi connectivity index (χ3v) is 9.58. The van der Waals surface area contributed by atoms with Crippen molar-refractivity contribution in [1.29, 1.82) is 0 Å². The number of rotatable bonds is 11. The van der Waals surface area contributed by atoms with E-state index in [1.807, 2.05) is 40.1 Å². The first-order chi connectivity index (χ1) is 23.1. The Morgan fingerprint density at radius 2 is 1.02 bits per heavy atom. The maximum absolute atomic E-state index is 13.0. The lowest BCUT2D eigenvalue weighted by Crippen LogP contribution is -2.39. The fraction of sp³-hybridized carbons (Fsp3) is 0.474. The zero-order chi connectivity index (χ0) is 33.9. The number of aromatic amines is 2. The predicted molar refractivity (Wildman–Crippen MR) is 185 cm³/mol. The molecule has 2 aliphatic rings. The molecule has 0 saturated carbocycles. The van der Waals surface area contributed by atoms with Gasteiger partial charge in [0.2, 0.25) is 0 Å². The van der Waals surface area contributed by atoms with Crippen LogP contribution in [-0.2, 0) is 9.59 Å². The number of nitrogens with zero attached hydrogens (tertiary/aromatic N) is 4. The summed E-state index contributed by atoms with van der Waals surface area (Å²) in [6, 6.07) is 16.3. The highest BCUT2D eigenvalue weighted by Crippen LogP contribution is 2.35. The Morgan fingerprint density at radius 1 is 0.667 bits per heavy atom. The fourth-order valence-electron chi connectivity index (χ4n) is 7.10. The Kier molecular flexibility index (Phi) is 10.1. The number of aromatic nitrogens is 4. The van der Waals surface area contributed by atoms with E-state index in [9.17, 15) is 19.8 Å². The summed E-state index contributed by atoms with van der Waals surface area (Å²) in [5.74, 6) is 1.58. The molecule has 4 N–H and O–H groups in total. The third-order valence-electron chi connectivity index (χ3n) is 9.58. The number of benzene rings is 2. The molecule has 2 aromatic carbocycles. The summed E-state index contributed by atoms with van der Waals surface area (Å²) >= 11 is 0. The maximum Gasteiger partial charge on any atom is 0.252 e. The average molecular weight is 653 g/mol. The molecule has 2 aliphatic heterocycles. The number of carbonyl (C=O) groups is 2. The first kappa shape index (κ1) is 33.6. The molecule has 48 heavy (non-hydrogen) atoms. The fourth-order valence-corrected chi connectivity index (χ4v) is 7.10. The molecule has 254 valence electrons. The van der Waals surface area contributed by atoms with Gasteiger partial charge in [0.1, 0.15) is 23.9 Å². The minimum atomic E-state index is -0.978. The Labute approximate surface area is 282 Å². The van der Waals surface area contributed by atoms with Crippen molar-refractivity contribution in [3.63, 3.8) is 0 Å². The highest BCUT2D eigenvalue weighted by atomic mass is 16.3. The van der Waals surface area contributed by atoms with Crippen LogP contribution in [0.5, 0.6) is 0 Å². The molecule has 0 spiro atoms. The minimum absolute atomic E-state index is 0.154. The van der Waals surface area contributed by atoms with Crippen LogP contribution in [-0.4, -0.2) is 77.1 Å². The van der Waals surface area contributed by atoms with Crippen molar-refractivity contribution in [1.82, 2.24) is 29.7 Å². The lowest BCUT2D eigenvalue weighted by Gasteiger charge is -2.26. The molecule has 0 aliphatic carbocycles. The van der Waals surface area contributed by atoms with Gasteiger partial charge in [-0.3, -0.25) is 9.59 Å². The Bertz CT molecular complexity index is 1570. The van der Waals surface area contributed by atoms with Gasteiger partial charge >= 0.3 is 0 Å². The summed E-state index contributed by atoms with van der Waals surface area (Å²) in [7, 11) is 0. The van der Waals surface area contributed by atoms with E-state index in [2.05, 4.69) is 68.5 Å². The molecular weight excluding hydrogens is 604 g/mol. The summed E-state index contributed by atoms with van der Waals surface area (Å²) in [6.07, 6.45) is 6.01. The van der Waals surface area contributed by atoms with Crippen LogP contribution in [0.25, 0.3) is 33.6 Å². The second-order valence-corrected chi connectivity index (χ2v) is 14.2. The third kappa shape index (κ3) is 7.24. The number of hydrogen-bond acceptors (Lipinski definition) is 6. The number of likely N-dealkylation sites (tertiary alicyclic amines) is 2. The van der Waals surface area contributed by atoms with Gasteiger partial charge in [-0.05, 0) is 72.6 Å². The summed E-state index contributed by atoms with van der Waals surface area (Å²) in [6.45, 7) is 9.29. The van der Waals surface area contributed by atoms with Gasteiger partial charge < -0.3 is 30.0 Å². The van der Waals surface area contributed by atoms with Crippen LogP contribution >= 0.6 is 0 Å². The lowest BCUT2D eigenvalue weighted by atomic mass is 10.0. The van der Waals surface area contributed by atoms with E-state index in [1.54, 1.807) is 9.80 Å². The van der Waals surface area contributed by atoms with Gasteiger partial charge in [0.15, 0.2) is 0 Å². The van der Waals surface area contributed by atoms with Crippen LogP contribution in [0, 0.1) is 11.8 Å². The number of hydrogen-bond donors (Lipinski definition) is 4. The standard InChI is InChI=1S/C38H48N6O4/c1-23(2)19-33(45)37(47)43-17-5-7-31(43)35-39-21-29(41-35)27-13-9-25(10-14-27)26-11-15-28(16-12-26)30-22-40-36(42-30)32-8-6-18-44(32)38(48)34(46)20-24(3)4/h9-16,21-24,31-34,45-46H,5-8,17-20H2,1-4H3,(H,39,41)(H,40,42)/t31-,32-,33-,34-/m0/s1. The number of aliphatic hydroxyl groups excluding tert-OH is 2. The van der Waals surface area contributed by atoms with Crippen LogP contribution in [0.2, 0.25) is 0 Å². The second-order valence-electron chi connectivity index (χ2n) is 14.2. The Morgan fingerprint density at radius 3 is 1.38 bits per heavy atom. The molecule has 0 radical (unpaired) electrons. The largest absolute Gasteiger partial charge is 0.383 e. The van der Waals surface area contributed by atoms with Crippen molar-refractivity contribution in [3.8, 4) is 33.6 Å². The van der Waals surface area contributed by atoms with Gasteiger partial charge in [-0.1, -0.05) is 76.2 Å². The average Bonchev–Trinajstić information content (AvgIpc) is 3.89. The zero-order valence-electron chi connectivity index (χ0n) is 28.4. The Balaban J connectivity index is 1.10. The van der Waals surface area contributed by atoms with Crippen molar-refractivity contribution in [2.45, 2.75) is 90.5 Å². The quantitative estimate of drug-likeness (QED) is 0.151. The first-order valence-electron chi connectivity index (χ1n) is 17.4. The minimum Gasteiger partial charge on any atom is -0.383 e. The number of imidazole rings is 2. The summed E-state index contributed by atoms with van der Waals surface area (Å²) in [5.41, 5.74) is 5.96. The summed E-state index contributed by atoms with van der Waals surface area (Å²) in [5, 5.41) is 20.9. The van der Waals surface area contributed by atoms with E-state index in [0.717, 1.165) is 71.0 Å². The molecule has 4 atom stereocenters. The van der Waals surface area contributed by atoms with E-state index in [1.165, 1.54) is 0 Å². The molecule has 0 bridgehead atoms. The molecule has 10 nitrogen and oxygen atoms in total. The van der Waals surface area contributed by atoms with Gasteiger partial charge in [-0.25, -0.2) is 9.97 Å². The number of H-pyrrole nitrogens is 2. The highest BCUT2D eigenvalue weighted by molar-refractivity contribution is 5.82. The van der Waals surface area contributed by atoms with E-state index < -0.39 is 12.2 Å². The maximum atomic E-state index is 13.0. The topological polar surface area (TPSA) is 138 Å². The van der Waals surface area contributed by atoms with E-state index in [4.69, 9.17) is 0 Å². The van der Waals surface area contributed by atoms with Crippen LogP contribution < -0.4 is 0 Å². The van der Waals surface area contributed by atoms with Gasteiger partial charge in [0.05, 0.1) is 35.9 Å². The molecular formula is C38H48N6O4.